The summed E-state index contributed by atoms with van der Waals surface area (Å²) in [5, 5.41) is 17.7. The molecule has 0 atom stereocenters. The van der Waals surface area contributed by atoms with Gasteiger partial charge >= 0.3 is 0 Å². The fourth-order valence-corrected chi connectivity index (χ4v) is 1.69. The van der Waals surface area contributed by atoms with Crippen LogP contribution in [0.25, 0.3) is 0 Å². The molecule has 0 saturated carbocycles. The number of carbonyl (C=O) groups excluding carboxylic acids is 1. The van der Waals surface area contributed by atoms with E-state index >= 15 is 0 Å². The largest absolute Gasteiger partial charge is 0.481 e. The summed E-state index contributed by atoms with van der Waals surface area (Å²) in [4.78, 5) is 13.0. The molecule has 0 aromatic heterocycles. The van der Waals surface area contributed by atoms with E-state index in [0.717, 1.165) is 0 Å². The van der Waals surface area contributed by atoms with Crippen molar-refractivity contribution in [1.82, 2.24) is 0 Å². The molecule has 0 radical (unpaired) electrons. The number of hydrogen-bond donors (Lipinski definition) is 2. The van der Waals surface area contributed by atoms with E-state index in [2.05, 4.69) is 0 Å². The number of halogens is 1. The molecule has 0 unspecified atom stereocenters. The van der Waals surface area contributed by atoms with E-state index < -0.39 is 17.7 Å². The van der Waals surface area contributed by atoms with Crippen molar-refractivity contribution in [3.05, 3.63) is 41.6 Å². The van der Waals surface area contributed by atoms with E-state index in [9.17, 15) is 9.18 Å². The average molecular weight is 223 g/mol. The number of benzene rings is 1. The maximum absolute atomic E-state index is 13.0. The molecule has 5 heteroatoms. The van der Waals surface area contributed by atoms with E-state index in [4.69, 9.17) is 10.2 Å². The van der Waals surface area contributed by atoms with Gasteiger partial charge in [-0.2, -0.15) is 0 Å². The van der Waals surface area contributed by atoms with Crippen LogP contribution in [0.3, 0.4) is 0 Å². The van der Waals surface area contributed by atoms with Gasteiger partial charge in [0.1, 0.15) is 5.82 Å². The second-order valence-corrected chi connectivity index (χ2v) is 3.49. The first-order valence-electron chi connectivity index (χ1n) is 4.78. The van der Waals surface area contributed by atoms with Crippen LogP contribution in [0.4, 0.5) is 10.1 Å². The van der Waals surface area contributed by atoms with Crippen molar-refractivity contribution in [3.63, 3.8) is 0 Å². The molecule has 1 fully saturated rings. The summed E-state index contributed by atoms with van der Waals surface area (Å²) >= 11 is 0. The highest BCUT2D eigenvalue weighted by atomic mass is 19.1. The van der Waals surface area contributed by atoms with Crippen LogP contribution in [0.2, 0.25) is 0 Å². The lowest BCUT2D eigenvalue weighted by Gasteiger charge is -2.14. The number of aliphatic hydroxyl groups excluding tert-OH is 1. The topological polar surface area (TPSA) is 60.8 Å². The van der Waals surface area contributed by atoms with Crippen molar-refractivity contribution < 1.29 is 19.4 Å². The minimum atomic E-state index is -0.955. The van der Waals surface area contributed by atoms with Gasteiger partial charge < -0.3 is 15.1 Å². The van der Waals surface area contributed by atoms with E-state index in [1.807, 2.05) is 0 Å². The molecule has 0 bridgehead atoms. The number of rotatable bonds is 1. The number of hydrogen-bond acceptors (Lipinski definition) is 3. The number of anilines is 1. The van der Waals surface area contributed by atoms with Crippen molar-refractivity contribution in [2.24, 2.45) is 0 Å². The molecule has 1 aliphatic heterocycles. The van der Waals surface area contributed by atoms with Gasteiger partial charge in [0, 0.05) is 18.7 Å². The molecule has 2 N–H and O–H groups in total. The molecule has 84 valence electrons. The standard InChI is InChI=1S/C11H10FNO3/c12-7-2-1-3-8(6-7)13-5-4-9(10(13)14)11(15)16/h1-3,6,15-16H,4-5H2. The Morgan fingerprint density at radius 3 is 2.69 bits per heavy atom. The van der Waals surface area contributed by atoms with Crippen LogP contribution >= 0.6 is 0 Å². The molecule has 0 spiro atoms. The van der Waals surface area contributed by atoms with Gasteiger partial charge in [0.15, 0.2) is 0 Å². The van der Waals surface area contributed by atoms with Gasteiger partial charge in [-0.3, -0.25) is 4.79 Å². The summed E-state index contributed by atoms with van der Waals surface area (Å²) in [7, 11) is 0. The molecular formula is C11H10FNO3. The molecule has 1 amide bonds. The smallest absolute Gasteiger partial charge is 0.283 e. The Kier molecular flexibility index (Phi) is 2.52. The monoisotopic (exact) mass is 223 g/mol. The van der Waals surface area contributed by atoms with Gasteiger partial charge in [-0.1, -0.05) is 6.07 Å². The van der Waals surface area contributed by atoms with Gasteiger partial charge in [-0.15, -0.1) is 0 Å². The zero-order valence-corrected chi connectivity index (χ0v) is 8.35. The van der Waals surface area contributed by atoms with Gasteiger partial charge in [-0.25, -0.2) is 4.39 Å². The van der Waals surface area contributed by atoms with Crippen LogP contribution in [-0.2, 0) is 4.79 Å². The minimum absolute atomic E-state index is 0.0377. The number of amides is 1. The number of carbonyl (C=O) groups is 1. The summed E-state index contributed by atoms with van der Waals surface area (Å²) in [5.41, 5.74) is 0.380. The zero-order valence-electron chi connectivity index (χ0n) is 8.35. The number of nitrogens with zero attached hydrogens (tertiary/aromatic N) is 1. The van der Waals surface area contributed by atoms with Crippen molar-refractivity contribution in [3.8, 4) is 0 Å². The molecule has 16 heavy (non-hydrogen) atoms. The van der Waals surface area contributed by atoms with Crippen molar-refractivity contribution in [1.29, 1.82) is 0 Å². The normalized spacial score (nSPS) is 15.7. The maximum Gasteiger partial charge on any atom is 0.283 e. The summed E-state index contributed by atoms with van der Waals surface area (Å²) in [6.45, 7) is 0.322. The summed E-state index contributed by atoms with van der Waals surface area (Å²) in [5.74, 6) is -1.88. The number of aliphatic hydroxyl groups is 2. The second-order valence-electron chi connectivity index (χ2n) is 3.49. The van der Waals surface area contributed by atoms with Crippen LogP contribution in [0.15, 0.2) is 35.8 Å². The van der Waals surface area contributed by atoms with E-state index in [-0.39, 0.29) is 12.0 Å². The maximum atomic E-state index is 13.0. The Balaban J connectivity index is 2.32. The van der Waals surface area contributed by atoms with E-state index in [1.165, 1.54) is 23.1 Å². The van der Waals surface area contributed by atoms with Gasteiger partial charge in [0.2, 0.25) is 0 Å². The highest BCUT2D eigenvalue weighted by Crippen LogP contribution is 2.25. The lowest BCUT2D eigenvalue weighted by atomic mass is 10.2. The van der Waals surface area contributed by atoms with Crippen LogP contribution in [0.1, 0.15) is 6.42 Å². The predicted molar refractivity (Wildman–Crippen MR) is 55.7 cm³/mol. The van der Waals surface area contributed by atoms with E-state index in [0.29, 0.717) is 12.2 Å². The minimum Gasteiger partial charge on any atom is -0.481 e. The van der Waals surface area contributed by atoms with Crippen molar-refractivity contribution in [2.45, 2.75) is 6.42 Å². The summed E-state index contributed by atoms with van der Waals surface area (Å²) < 4.78 is 13.0. The molecule has 1 aliphatic rings. The first-order valence-corrected chi connectivity index (χ1v) is 4.78. The van der Waals surface area contributed by atoms with Crippen molar-refractivity contribution >= 4 is 11.6 Å². The molecule has 1 aromatic carbocycles. The van der Waals surface area contributed by atoms with Gasteiger partial charge in [0.25, 0.3) is 11.9 Å². The quantitative estimate of drug-likeness (QED) is 0.564. The van der Waals surface area contributed by atoms with Crippen molar-refractivity contribution in [2.75, 3.05) is 11.4 Å². The molecular weight excluding hydrogens is 213 g/mol. The Bertz CT molecular complexity index is 466. The second kappa shape index (κ2) is 3.84. The SMILES string of the molecule is O=C1C(=C(O)O)CCN1c1cccc(F)c1. The summed E-state index contributed by atoms with van der Waals surface area (Å²) in [6.07, 6.45) is 0.248. The third-order valence-corrected chi connectivity index (χ3v) is 2.48. The summed E-state index contributed by atoms with van der Waals surface area (Å²) in [6, 6.07) is 5.61. The zero-order chi connectivity index (χ0) is 11.7. The Hall–Kier alpha value is -2.04. The molecule has 1 aromatic rings. The van der Waals surface area contributed by atoms with Gasteiger partial charge in [-0.05, 0) is 18.2 Å². The fourth-order valence-electron chi connectivity index (χ4n) is 1.69. The fraction of sp³-hybridized carbons (Fsp3) is 0.182. The Morgan fingerprint density at radius 2 is 2.12 bits per heavy atom. The third-order valence-electron chi connectivity index (χ3n) is 2.48. The predicted octanol–water partition coefficient (Wildman–Crippen LogP) is 1.89. The van der Waals surface area contributed by atoms with Crippen LogP contribution in [0, 0.1) is 5.82 Å². The first kappa shape index (κ1) is 10.5. The highest BCUT2D eigenvalue weighted by Gasteiger charge is 2.30. The first-order chi connectivity index (χ1) is 7.59. The lowest BCUT2D eigenvalue weighted by Crippen LogP contribution is -2.24. The highest BCUT2D eigenvalue weighted by molar-refractivity contribution is 6.08. The molecule has 1 heterocycles. The lowest BCUT2D eigenvalue weighted by molar-refractivity contribution is -0.114. The average Bonchev–Trinajstić information content (AvgIpc) is 2.60. The third kappa shape index (κ3) is 1.71. The van der Waals surface area contributed by atoms with Gasteiger partial charge in [0.05, 0.1) is 5.57 Å². The van der Waals surface area contributed by atoms with Crippen LogP contribution < -0.4 is 4.90 Å². The molecule has 0 aliphatic carbocycles. The Morgan fingerprint density at radius 1 is 1.38 bits per heavy atom. The molecule has 1 saturated heterocycles. The van der Waals surface area contributed by atoms with E-state index in [1.54, 1.807) is 6.07 Å². The van der Waals surface area contributed by atoms with Crippen LogP contribution in [0.5, 0.6) is 0 Å². The Labute approximate surface area is 91.2 Å². The molecule has 4 nitrogen and oxygen atoms in total. The van der Waals surface area contributed by atoms with Crippen LogP contribution in [-0.4, -0.2) is 22.7 Å². The molecule has 2 rings (SSSR count).